The first-order valence-corrected chi connectivity index (χ1v) is 9.43. The largest absolute Gasteiger partial charge is 0.339 e. The van der Waals surface area contributed by atoms with E-state index in [1.807, 2.05) is 6.07 Å². The molecule has 4 nitrogen and oxygen atoms in total. The highest BCUT2D eigenvalue weighted by molar-refractivity contribution is 7.16. The highest BCUT2D eigenvalue weighted by Gasteiger charge is 2.26. The number of nitrogens with zero attached hydrogens (tertiary/aromatic N) is 3. The monoisotopic (exact) mass is 377 g/mol. The van der Waals surface area contributed by atoms with E-state index in [0.29, 0.717) is 17.3 Å². The lowest BCUT2D eigenvalue weighted by molar-refractivity contribution is 0.181. The van der Waals surface area contributed by atoms with Crippen molar-refractivity contribution in [3.63, 3.8) is 0 Å². The van der Waals surface area contributed by atoms with E-state index in [4.69, 9.17) is 16.1 Å². The van der Waals surface area contributed by atoms with Crippen molar-refractivity contribution in [2.45, 2.75) is 25.3 Å². The van der Waals surface area contributed by atoms with Gasteiger partial charge in [0.15, 0.2) is 0 Å². The normalized spacial score (nSPS) is 18.6. The third-order valence-electron chi connectivity index (χ3n) is 4.39. The van der Waals surface area contributed by atoms with Crippen molar-refractivity contribution in [3.8, 4) is 11.4 Å². The van der Waals surface area contributed by atoms with Crippen molar-refractivity contribution in [2.24, 2.45) is 0 Å². The first kappa shape index (κ1) is 16.7. The van der Waals surface area contributed by atoms with Gasteiger partial charge in [0, 0.05) is 23.5 Å². The number of benzene rings is 1. The molecule has 1 aliphatic rings. The molecule has 2 aromatic heterocycles. The number of piperidine rings is 1. The zero-order valence-electron chi connectivity index (χ0n) is 13.5. The zero-order chi connectivity index (χ0) is 17.2. The van der Waals surface area contributed by atoms with Crippen molar-refractivity contribution in [1.82, 2.24) is 15.0 Å². The lowest BCUT2D eigenvalue weighted by atomic mass is 9.98. The van der Waals surface area contributed by atoms with Crippen molar-refractivity contribution < 1.29 is 8.91 Å². The first-order chi connectivity index (χ1) is 12.2. The van der Waals surface area contributed by atoms with Gasteiger partial charge in [-0.25, -0.2) is 4.39 Å². The molecule has 130 valence electrons. The molecule has 0 radical (unpaired) electrons. The van der Waals surface area contributed by atoms with Crippen LogP contribution in [0.15, 0.2) is 40.9 Å². The Kier molecular flexibility index (Phi) is 4.83. The lowest BCUT2D eigenvalue weighted by Crippen LogP contribution is -2.33. The van der Waals surface area contributed by atoms with Crippen LogP contribution in [0.3, 0.4) is 0 Å². The van der Waals surface area contributed by atoms with E-state index < -0.39 is 0 Å². The van der Waals surface area contributed by atoms with Gasteiger partial charge in [0.25, 0.3) is 0 Å². The molecule has 4 rings (SSSR count). The van der Waals surface area contributed by atoms with Crippen LogP contribution < -0.4 is 0 Å². The minimum absolute atomic E-state index is 0.207. The molecule has 1 fully saturated rings. The molecule has 1 unspecified atom stereocenters. The Morgan fingerprint density at radius 3 is 3.04 bits per heavy atom. The number of hydrogen-bond donors (Lipinski definition) is 0. The summed E-state index contributed by atoms with van der Waals surface area (Å²) >= 11 is 7.63. The maximum Gasteiger partial charge on any atom is 0.231 e. The van der Waals surface area contributed by atoms with Crippen LogP contribution in [0.1, 0.15) is 29.5 Å². The maximum absolute atomic E-state index is 13.4. The lowest BCUT2D eigenvalue weighted by Gasteiger charge is -2.30. The molecule has 0 spiro atoms. The van der Waals surface area contributed by atoms with Crippen LogP contribution in [0.25, 0.3) is 11.4 Å². The van der Waals surface area contributed by atoms with Gasteiger partial charge >= 0.3 is 0 Å². The summed E-state index contributed by atoms with van der Waals surface area (Å²) in [5.41, 5.74) is 0.635. The van der Waals surface area contributed by atoms with E-state index in [-0.39, 0.29) is 11.7 Å². The molecule has 1 atom stereocenters. The molecule has 0 aliphatic carbocycles. The summed E-state index contributed by atoms with van der Waals surface area (Å²) in [6, 6.07) is 10.3. The number of thiophene rings is 1. The molecule has 1 aliphatic heterocycles. The van der Waals surface area contributed by atoms with E-state index in [0.717, 1.165) is 36.8 Å². The van der Waals surface area contributed by atoms with E-state index in [1.54, 1.807) is 23.5 Å². The van der Waals surface area contributed by atoms with Gasteiger partial charge in [0.2, 0.25) is 11.7 Å². The third kappa shape index (κ3) is 3.92. The molecular formula is C18H17ClFN3OS. The third-order valence-corrected chi connectivity index (χ3v) is 5.60. The Hall–Kier alpha value is -1.76. The van der Waals surface area contributed by atoms with E-state index in [1.165, 1.54) is 17.0 Å². The smallest absolute Gasteiger partial charge is 0.231 e. The van der Waals surface area contributed by atoms with Crippen LogP contribution >= 0.6 is 22.9 Å². The summed E-state index contributed by atoms with van der Waals surface area (Å²) in [6.45, 7) is 2.82. The van der Waals surface area contributed by atoms with E-state index in [9.17, 15) is 4.39 Å². The topological polar surface area (TPSA) is 42.2 Å². The van der Waals surface area contributed by atoms with Gasteiger partial charge in [-0.05, 0) is 43.7 Å². The zero-order valence-corrected chi connectivity index (χ0v) is 15.1. The molecule has 0 N–H and O–H groups in total. The average Bonchev–Trinajstić information content (AvgIpc) is 3.25. The maximum atomic E-state index is 13.4. The SMILES string of the molecule is Fc1cccc(-c2noc(C3CCCN(Cc4ccc(Cl)s4)C3)n2)c1. The van der Waals surface area contributed by atoms with Gasteiger partial charge in [-0.1, -0.05) is 28.9 Å². The highest BCUT2D eigenvalue weighted by Crippen LogP contribution is 2.30. The summed E-state index contributed by atoms with van der Waals surface area (Å²) in [6.07, 6.45) is 2.11. The number of rotatable bonds is 4. The summed E-state index contributed by atoms with van der Waals surface area (Å²) in [5, 5.41) is 4.03. The Labute approximate surface area is 154 Å². The minimum Gasteiger partial charge on any atom is -0.339 e. The highest BCUT2D eigenvalue weighted by atomic mass is 35.5. The Bertz CT molecular complexity index is 865. The van der Waals surface area contributed by atoms with Crippen LogP contribution in [0.4, 0.5) is 4.39 Å². The van der Waals surface area contributed by atoms with Gasteiger partial charge in [0.05, 0.1) is 10.3 Å². The second kappa shape index (κ2) is 7.23. The van der Waals surface area contributed by atoms with Crippen LogP contribution in [0, 0.1) is 5.82 Å². The van der Waals surface area contributed by atoms with E-state index in [2.05, 4.69) is 21.1 Å². The molecule has 0 saturated carbocycles. The predicted octanol–water partition coefficient (Wildman–Crippen LogP) is 4.97. The van der Waals surface area contributed by atoms with Crippen LogP contribution in [-0.4, -0.2) is 28.1 Å². The minimum atomic E-state index is -0.303. The predicted molar refractivity (Wildman–Crippen MR) is 96.3 cm³/mol. The second-order valence-electron chi connectivity index (χ2n) is 6.25. The standard InChI is InChI=1S/C18H17ClFN3OS/c19-16-7-6-15(25-16)11-23-8-2-4-13(10-23)18-21-17(22-24-18)12-3-1-5-14(20)9-12/h1,3,5-7,9,13H,2,4,8,10-11H2. The molecule has 1 saturated heterocycles. The fourth-order valence-electron chi connectivity index (χ4n) is 3.20. The summed E-state index contributed by atoms with van der Waals surface area (Å²) < 4.78 is 19.7. The average molecular weight is 378 g/mol. The molecule has 3 heterocycles. The molecule has 1 aromatic carbocycles. The van der Waals surface area contributed by atoms with Crippen LogP contribution in [-0.2, 0) is 6.54 Å². The van der Waals surface area contributed by atoms with Crippen molar-refractivity contribution in [1.29, 1.82) is 0 Å². The Morgan fingerprint density at radius 1 is 1.32 bits per heavy atom. The quantitative estimate of drug-likeness (QED) is 0.643. The second-order valence-corrected chi connectivity index (χ2v) is 8.05. The molecule has 7 heteroatoms. The summed E-state index contributed by atoms with van der Waals surface area (Å²) in [5.74, 6) is 0.978. The molecule has 3 aromatic rings. The number of halogens is 2. The molecule has 25 heavy (non-hydrogen) atoms. The summed E-state index contributed by atoms with van der Waals surface area (Å²) in [7, 11) is 0. The Morgan fingerprint density at radius 2 is 2.24 bits per heavy atom. The van der Waals surface area contributed by atoms with Gasteiger partial charge in [-0.2, -0.15) is 4.98 Å². The summed E-state index contributed by atoms with van der Waals surface area (Å²) in [4.78, 5) is 8.15. The van der Waals surface area contributed by atoms with Crippen molar-refractivity contribution in [2.75, 3.05) is 13.1 Å². The van der Waals surface area contributed by atoms with Gasteiger partial charge in [-0.3, -0.25) is 4.90 Å². The van der Waals surface area contributed by atoms with Gasteiger partial charge in [0.1, 0.15) is 5.82 Å². The number of likely N-dealkylation sites (tertiary alicyclic amines) is 1. The fourth-order valence-corrected chi connectivity index (χ4v) is 4.33. The van der Waals surface area contributed by atoms with E-state index >= 15 is 0 Å². The molecule has 0 bridgehead atoms. The fraction of sp³-hybridized carbons (Fsp3) is 0.333. The number of hydrogen-bond acceptors (Lipinski definition) is 5. The van der Waals surface area contributed by atoms with Crippen LogP contribution in [0.5, 0.6) is 0 Å². The Balaban J connectivity index is 1.46. The van der Waals surface area contributed by atoms with Crippen LogP contribution in [0.2, 0.25) is 4.34 Å². The molecular weight excluding hydrogens is 361 g/mol. The van der Waals surface area contributed by atoms with Crippen molar-refractivity contribution >= 4 is 22.9 Å². The van der Waals surface area contributed by atoms with Gasteiger partial charge < -0.3 is 4.52 Å². The van der Waals surface area contributed by atoms with Gasteiger partial charge in [-0.15, -0.1) is 11.3 Å². The van der Waals surface area contributed by atoms with Crippen molar-refractivity contribution in [3.05, 3.63) is 57.3 Å². The first-order valence-electron chi connectivity index (χ1n) is 8.23. The molecule has 0 amide bonds. The number of aromatic nitrogens is 2.